The van der Waals surface area contributed by atoms with Gasteiger partial charge in [-0.2, -0.15) is 0 Å². The molecule has 0 unspecified atom stereocenters. The number of guanidine groups is 1. The molecule has 0 radical (unpaired) electrons. The highest BCUT2D eigenvalue weighted by Crippen LogP contribution is 2.22. The van der Waals surface area contributed by atoms with Crippen LogP contribution in [0.1, 0.15) is 18.1 Å². The Balaban J connectivity index is 1.73. The minimum atomic E-state index is -0.0692. The maximum absolute atomic E-state index is 11.0. The Hall–Kier alpha value is -2.73. The molecule has 0 fully saturated rings. The summed E-state index contributed by atoms with van der Waals surface area (Å²) in [5.74, 6) is 1.43. The lowest BCUT2D eigenvalue weighted by atomic mass is 10.1. The van der Waals surface area contributed by atoms with E-state index in [1.165, 1.54) is 12.5 Å². The number of carbonyl (C=O) groups excluding carboxylic acids is 1. The van der Waals surface area contributed by atoms with Crippen molar-refractivity contribution in [3.8, 4) is 5.75 Å². The number of nitrogens with zero attached hydrogens (tertiary/aromatic N) is 1. The molecule has 0 aliphatic carbocycles. The van der Waals surface area contributed by atoms with Gasteiger partial charge in [0.25, 0.3) is 0 Å². The molecule has 0 aliphatic rings. The molecule has 2 aromatic rings. The number of methoxy groups -OCH3 is 1. The normalized spacial score (nSPS) is 11.1. The van der Waals surface area contributed by atoms with Gasteiger partial charge in [0.1, 0.15) is 5.75 Å². The summed E-state index contributed by atoms with van der Waals surface area (Å²) in [5.41, 5.74) is 3.05. The molecule has 0 spiro atoms. The Morgan fingerprint density at radius 3 is 2.32 bits per heavy atom. The number of benzene rings is 2. The number of hydrogen-bond acceptors (Lipinski definition) is 3. The molecule has 0 saturated carbocycles. The highest BCUT2D eigenvalue weighted by atomic mass is 35.5. The molecule has 0 bridgehead atoms. The molecule has 7 heteroatoms. The molecule has 0 aliphatic heterocycles. The van der Waals surface area contributed by atoms with Crippen molar-refractivity contribution < 1.29 is 9.53 Å². The summed E-state index contributed by atoms with van der Waals surface area (Å²) in [5, 5.41) is 10.1. The molecule has 6 nitrogen and oxygen atoms in total. The lowest BCUT2D eigenvalue weighted by molar-refractivity contribution is -0.114. The summed E-state index contributed by atoms with van der Waals surface area (Å²) in [6.07, 6.45) is 1.64. The van der Waals surface area contributed by atoms with E-state index in [0.29, 0.717) is 5.02 Å². The van der Waals surface area contributed by atoms with Crippen LogP contribution in [0.25, 0.3) is 0 Å². The van der Waals surface area contributed by atoms with Crippen LogP contribution in [0.2, 0.25) is 5.02 Å². The predicted molar refractivity (Wildman–Crippen MR) is 116 cm³/mol. The van der Waals surface area contributed by atoms with Crippen molar-refractivity contribution in [2.75, 3.05) is 32.6 Å². The van der Waals surface area contributed by atoms with E-state index in [9.17, 15) is 4.79 Å². The molecule has 0 atom stereocenters. The second-order valence-corrected chi connectivity index (χ2v) is 6.67. The number of rotatable bonds is 8. The van der Waals surface area contributed by atoms with Crippen LogP contribution in [0.4, 0.5) is 5.69 Å². The third kappa shape index (κ3) is 7.12. The van der Waals surface area contributed by atoms with Crippen LogP contribution in [0.15, 0.2) is 47.5 Å². The second kappa shape index (κ2) is 11.2. The van der Waals surface area contributed by atoms with E-state index in [4.69, 9.17) is 16.3 Å². The minimum Gasteiger partial charge on any atom is -0.497 e. The summed E-state index contributed by atoms with van der Waals surface area (Å²) in [6, 6.07) is 13.5. The van der Waals surface area contributed by atoms with Crippen LogP contribution in [0.3, 0.4) is 0 Å². The third-order valence-electron chi connectivity index (χ3n) is 4.15. The van der Waals surface area contributed by atoms with Crippen molar-refractivity contribution in [1.82, 2.24) is 10.6 Å². The number of aliphatic imine (C=N–C) groups is 1. The Morgan fingerprint density at radius 2 is 1.75 bits per heavy atom. The van der Waals surface area contributed by atoms with Gasteiger partial charge in [-0.3, -0.25) is 9.79 Å². The Morgan fingerprint density at radius 1 is 1.07 bits per heavy atom. The van der Waals surface area contributed by atoms with Crippen LogP contribution in [-0.2, 0) is 17.6 Å². The van der Waals surface area contributed by atoms with Gasteiger partial charge in [0.15, 0.2) is 5.96 Å². The van der Waals surface area contributed by atoms with E-state index < -0.39 is 0 Å². The molecular weight excluding hydrogens is 376 g/mol. The first-order chi connectivity index (χ1) is 13.5. The van der Waals surface area contributed by atoms with Gasteiger partial charge in [-0.15, -0.1) is 0 Å². The van der Waals surface area contributed by atoms with Crippen LogP contribution < -0.4 is 20.7 Å². The Bertz CT molecular complexity index is 807. The first-order valence-corrected chi connectivity index (χ1v) is 9.53. The zero-order valence-electron chi connectivity index (χ0n) is 16.5. The van der Waals surface area contributed by atoms with Crippen LogP contribution >= 0.6 is 11.6 Å². The Kier molecular flexibility index (Phi) is 8.62. The van der Waals surface area contributed by atoms with Gasteiger partial charge >= 0.3 is 0 Å². The van der Waals surface area contributed by atoms with Crippen LogP contribution in [-0.4, -0.2) is 39.1 Å². The lowest BCUT2D eigenvalue weighted by Gasteiger charge is -2.13. The lowest BCUT2D eigenvalue weighted by Crippen LogP contribution is -2.39. The molecule has 2 rings (SSSR count). The van der Waals surface area contributed by atoms with Crippen molar-refractivity contribution in [1.29, 1.82) is 0 Å². The molecular formula is C21H27ClN4O2. The first kappa shape index (κ1) is 21.6. The SMILES string of the molecule is CN=C(NCCc1ccc(NC(C)=O)cc1)NCCc1ccc(OC)cc1Cl. The fourth-order valence-corrected chi connectivity index (χ4v) is 2.94. The van der Waals surface area contributed by atoms with Gasteiger partial charge in [-0.25, -0.2) is 0 Å². The number of carbonyl (C=O) groups is 1. The van der Waals surface area contributed by atoms with Crippen molar-refractivity contribution in [3.05, 3.63) is 58.6 Å². The van der Waals surface area contributed by atoms with Gasteiger partial charge in [-0.1, -0.05) is 29.8 Å². The maximum atomic E-state index is 11.0. The molecule has 0 saturated heterocycles. The number of hydrogen-bond donors (Lipinski definition) is 3. The van der Waals surface area contributed by atoms with Crippen LogP contribution in [0, 0.1) is 0 Å². The van der Waals surface area contributed by atoms with E-state index in [1.807, 2.05) is 42.5 Å². The maximum Gasteiger partial charge on any atom is 0.221 e. The van der Waals surface area contributed by atoms with Crippen LogP contribution in [0.5, 0.6) is 5.75 Å². The molecule has 2 aromatic carbocycles. The average molecular weight is 403 g/mol. The summed E-state index contributed by atoms with van der Waals surface area (Å²) in [4.78, 5) is 15.3. The summed E-state index contributed by atoms with van der Waals surface area (Å²) < 4.78 is 5.17. The number of anilines is 1. The quantitative estimate of drug-likeness (QED) is 0.468. The molecule has 1 amide bonds. The second-order valence-electron chi connectivity index (χ2n) is 6.26. The van der Waals surface area contributed by atoms with E-state index in [-0.39, 0.29) is 5.91 Å². The third-order valence-corrected chi connectivity index (χ3v) is 4.50. The molecule has 3 N–H and O–H groups in total. The average Bonchev–Trinajstić information content (AvgIpc) is 2.68. The number of nitrogens with one attached hydrogen (secondary N) is 3. The predicted octanol–water partition coefficient (Wildman–Crippen LogP) is 3.26. The highest BCUT2D eigenvalue weighted by Gasteiger charge is 2.04. The van der Waals surface area contributed by atoms with E-state index in [0.717, 1.165) is 48.9 Å². The number of ether oxygens (including phenoxy) is 1. The fourth-order valence-electron chi connectivity index (χ4n) is 2.68. The van der Waals surface area contributed by atoms with Gasteiger partial charge in [-0.05, 0) is 48.2 Å². The molecule has 28 heavy (non-hydrogen) atoms. The van der Waals surface area contributed by atoms with Crippen molar-refractivity contribution >= 4 is 29.2 Å². The van der Waals surface area contributed by atoms with E-state index in [1.54, 1.807) is 14.2 Å². The van der Waals surface area contributed by atoms with Crippen molar-refractivity contribution in [2.45, 2.75) is 19.8 Å². The number of halogens is 1. The standard InChI is InChI=1S/C21H27ClN4O2/c1-15(27)26-18-7-4-16(5-8-18)10-12-24-21(23-2)25-13-11-17-6-9-19(28-3)14-20(17)22/h4-9,14H,10-13H2,1-3H3,(H,26,27)(H2,23,24,25). The Labute approximate surface area is 171 Å². The molecule has 0 heterocycles. The highest BCUT2D eigenvalue weighted by molar-refractivity contribution is 6.31. The largest absolute Gasteiger partial charge is 0.497 e. The van der Waals surface area contributed by atoms with Crippen molar-refractivity contribution in [3.63, 3.8) is 0 Å². The zero-order chi connectivity index (χ0) is 20.4. The van der Waals surface area contributed by atoms with Crippen molar-refractivity contribution in [2.24, 2.45) is 4.99 Å². The topological polar surface area (TPSA) is 74.8 Å². The first-order valence-electron chi connectivity index (χ1n) is 9.15. The summed E-state index contributed by atoms with van der Waals surface area (Å²) in [6.45, 7) is 2.97. The smallest absolute Gasteiger partial charge is 0.221 e. The van der Waals surface area contributed by atoms with Gasteiger partial charge in [0.2, 0.25) is 5.91 Å². The minimum absolute atomic E-state index is 0.0692. The zero-order valence-corrected chi connectivity index (χ0v) is 17.3. The summed E-state index contributed by atoms with van der Waals surface area (Å²) in [7, 11) is 3.37. The van der Waals surface area contributed by atoms with Gasteiger partial charge in [0.05, 0.1) is 7.11 Å². The van der Waals surface area contributed by atoms with E-state index >= 15 is 0 Å². The molecule has 150 valence electrons. The fraction of sp³-hybridized carbons (Fsp3) is 0.333. The molecule has 0 aromatic heterocycles. The number of amides is 1. The summed E-state index contributed by atoms with van der Waals surface area (Å²) >= 11 is 6.27. The monoisotopic (exact) mass is 402 g/mol. The van der Waals surface area contributed by atoms with Gasteiger partial charge in [0, 0.05) is 37.8 Å². The van der Waals surface area contributed by atoms with E-state index in [2.05, 4.69) is 20.9 Å². The van der Waals surface area contributed by atoms with Gasteiger partial charge < -0.3 is 20.7 Å².